The Labute approximate surface area is 177 Å². The fraction of sp³-hybridized carbons (Fsp3) is 0.500. The highest BCUT2D eigenvalue weighted by atomic mass is 16.6. The molecule has 0 saturated heterocycles. The van der Waals surface area contributed by atoms with Crippen LogP contribution in [0.4, 0.5) is 0 Å². The summed E-state index contributed by atoms with van der Waals surface area (Å²) >= 11 is 0. The third-order valence-corrected chi connectivity index (χ3v) is 5.14. The zero-order valence-corrected chi connectivity index (χ0v) is 18.7. The van der Waals surface area contributed by atoms with Crippen LogP contribution in [0.1, 0.15) is 77.0 Å². The summed E-state index contributed by atoms with van der Waals surface area (Å²) in [6, 6.07) is 20.6. The Bertz CT molecular complexity index is 682. The highest BCUT2D eigenvalue weighted by molar-refractivity contribution is 5.76. The molecule has 0 bridgehead atoms. The Hall–Kier alpha value is -2.13. The molecule has 2 rings (SSSR count). The molecule has 1 unspecified atom stereocenters. The van der Waals surface area contributed by atoms with Gasteiger partial charge >= 0.3 is 5.97 Å². The van der Waals surface area contributed by atoms with Gasteiger partial charge < -0.3 is 4.74 Å². The summed E-state index contributed by atoms with van der Waals surface area (Å²) in [5.41, 5.74) is 1.88. The van der Waals surface area contributed by atoms with E-state index in [0.29, 0.717) is 0 Å². The number of likely N-dealkylation sites (N-methyl/N-ethyl adjacent to an activating group) is 1. The number of unbranched alkanes of at least 4 members (excludes halogenated alkanes) is 3. The molecule has 0 saturated carbocycles. The Morgan fingerprint density at radius 2 is 1.41 bits per heavy atom. The maximum Gasteiger partial charge on any atom is 0.323 e. The van der Waals surface area contributed by atoms with Gasteiger partial charge in [0.25, 0.3) is 0 Å². The summed E-state index contributed by atoms with van der Waals surface area (Å²) in [5.74, 6) is -0.131. The SMILES string of the molecule is CCCCCCC(C(=O)OC(C)(C)C)N(C)C(c1ccccc1)c1ccccc1. The predicted molar refractivity (Wildman–Crippen MR) is 121 cm³/mol. The molecule has 0 amide bonds. The summed E-state index contributed by atoms with van der Waals surface area (Å²) in [7, 11) is 2.05. The van der Waals surface area contributed by atoms with Crippen LogP contribution in [-0.4, -0.2) is 29.6 Å². The van der Waals surface area contributed by atoms with Crippen molar-refractivity contribution >= 4 is 5.97 Å². The van der Waals surface area contributed by atoms with Crippen molar-refractivity contribution in [1.82, 2.24) is 4.90 Å². The van der Waals surface area contributed by atoms with E-state index in [4.69, 9.17) is 4.74 Å². The topological polar surface area (TPSA) is 29.5 Å². The Balaban J connectivity index is 2.34. The summed E-state index contributed by atoms with van der Waals surface area (Å²) in [5, 5.41) is 0. The van der Waals surface area contributed by atoms with Crippen LogP contribution in [0.3, 0.4) is 0 Å². The van der Waals surface area contributed by atoms with E-state index in [-0.39, 0.29) is 18.1 Å². The van der Waals surface area contributed by atoms with Gasteiger partial charge in [-0.1, -0.05) is 93.3 Å². The number of carbonyl (C=O) groups excluding carboxylic acids is 1. The Morgan fingerprint density at radius 3 is 1.86 bits per heavy atom. The van der Waals surface area contributed by atoms with Crippen LogP contribution in [0.25, 0.3) is 0 Å². The molecule has 1 atom stereocenters. The van der Waals surface area contributed by atoms with Crippen LogP contribution < -0.4 is 0 Å². The van der Waals surface area contributed by atoms with Gasteiger partial charge in [0.15, 0.2) is 0 Å². The summed E-state index contributed by atoms with van der Waals surface area (Å²) < 4.78 is 5.82. The third kappa shape index (κ3) is 7.32. The lowest BCUT2D eigenvalue weighted by Crippen LogP contribution is -2.44. The second-order valence-electron chi connectivity index (χ2n) is 8.79. The van der Waals surface area contributed by atoms with E-state index in [1.165, 1.54) is 24.0 Å². The molecule has 3 nitrogen and oxygen atoms in total. The predicted octanol–water partition coefficient (Wildman–Crippen LogP) is 6.39. The maximum atomic E-state index is 13.2. The molecule has 0 fully saturated rings. The van der Waals surface area contributed by atoms with Gasteiger partial charge in [-0.2, -0.15) is 0 Å². The van der Waals surface area contributed by atoms with Gasteiger partial charge in [0, 0.05) is 0 Å². The molecule has 2 aromatic carbocycles. The number of carbonyl (C=O) groups is 1. The fourth-order valence-electron chi connectivity index (χ4n) is 3.74. The minimum absolute atomic E-state index is 0.00101. The van der Waals surface area contributed by atoms with Crippen molar-refractivity contribution in [3.63, 3.8) is 0 Å². The third-order valence-electron chi connectivity index (χ3n) is 5.14. The van der Waals surface area contributed by atoms with Crippen molar-refractivity contribution in [2.45, 2.75) is 77.5 Å². The first-order valence-electron chi connectivity index (χ1n) is 10.9. The van der Waals surface area contributed by atoms with E-state index >= 15 is 0 Å². The molecule has 0 aliphatic carbocycles. The van der Waals surface area contributed by atoms with Crippen molar-refractivity contribution in [2.75, 3.05) is 7.05 Å². The van der Waals surface area contributed by atoms with Gasteiger partial charge in [-0.3, -0.25) is 9.69 Å². The number of nitrogens with zero attached hydrogens (tertiary/aromatic N) is 1. The minimum atomic E-state index is -0.491. The van der Waals surface area contributed by atoms with Gasteiger partial charge in [0.05, 0.1) is 6.04 Å². The second kappa shape index (κ2) is 11.2. The van der Waals surface area contributed by atoms with Gasteiger partial charge in [0.1, 0.15) is 11.6 Å². The average molecular weight is 396 g/mol. The van der Waals surface area contributed by atoms with Crippen LogP contribution in [-0.2, 0) is 9.53 Å². The molecule has 29 heavy (non-hydrogen) atoms. The number of rotatable bonds is 10. The zero-order chi connectivity index (χ0) is 21.3. The highest BCUT2D eigenvalue weighted by Gasteiger charge is 2.33. The lowest BCUT2D eigenvalue weighted by atomic mass is 9.94. The molecule has 0 heterocycles. The van der Waals surface area contributed by atoms with E-state index in [1.54, 1.807) is 0 Å². The molecule has 0 spiro atoms. The van der Waals surface area contributed by atoms with E-state index in [0.717, 1.165) is 19.3 Å². The fourth-order valence-corrected chi connectivity index (χ4v) is 3.74. The zero-order valence-electron chi connectivity index (χ0n) is 18.7. The molecule has 0 N–H and O–H groups in total. The Morgan fingerprint density at radius 1 is 0.897 bits per heavy atom. The standard InChI is InChI=1S/C26H37NO2/c1-6-7-8-15-20-23(25(28)29-26(2,3)4)27(5)24(21-16-11-9-12-17-21)22-18-13-10-14-19-22/h9-14,16-19,23-24H,6-8,15,20H2,1-5H3. The van der Waals surface area contributed by atoms with Crippen molar-refractivity contribution in [3.8, 4) is 0 Å². The number of hydrogen-bond acceptors (Lipinski definition) is 3. The molecule has 2 aromatic rings. The maximum absolute atomic E-state index is 13.2. The molecule has 0 aromatic heterocycles. The van der Waals surface area contributed by atoms with Crippen molar-refractivity contribution < 1.29 is 9.53 Å². The lowest BCUT2D eigenvalue weighted by Gasteiger charge is -2.36. The van der Waals surface area contributed by atoms with Crippen molar-refractivity contribution in [2.24, 2.45) is 0 Å². The monoisotopic (exact) mass is 395 g/mol. The van der Waals surface area contributed by atoms with Crippen LogP contribution in [0, 0.1) is 0 Å². The molecule has 0 aliphatic heterocycles. The first-order chi connectivity index (χ1) is 13.8. The number of hydrogen-bond donors (Lipinski definition) is 0. The van der Waals surface area contributed by atoms with Gasteiger partial charge in [-0.15, -0.1) is 0 Å². The lowest BCUT2D eigenvalue weighted by molar-refractivity contribution is -0.162. The molecule has 0 radical (unpaired) electrons. The van der Waals surface area contributed by atoms with Crippen molar-refractivity contribution in [1.29, 1.82) is 0 Å². The average Bonchev–Trinajstić information content (AvgIpc) is 2.68. The molecule has 0 aliphatic rings. The molecular weight excluding hydrogens is 358 g/mol. The number of benzene rings is 2. The summed E-state index contributed by atoms with van der Waals surface area (Å²) in [4.78, 5) is 15.4. The quantitative estimate of drug-likeness (QED) is 0.345. The smallest absolute Gasteiger partial charge is 0.323 e. The van der Waals surface area contributed by atoms with E-state index in [2.05, 4.69) is 67.4 Å². The van der Waals surface area contributed by atoms with Gasteiger partial charge in [0.2, 0.25) is 0 Å². The van der Waals surface area contributed by atoms with E-state index in [1.807, 2.05) is 32.9 Å². The van der Waals surface area contributed by atoms with Crippen LogP contribution in [0.5, 0.6) is 0 Å². The minimum Gasteiger partial charge on any atom is -0.459 e. The van der Waals surface area contributed by atoms with E-state index in [9.17, 15) is 4.79 Å². The van der Waals surface area contributed by atoms with Crippen LogP contribution in [0.15, 0.2) is 60.7 Å². The highest BCUT2D eigenvalue weighted by Crippen LogP contribution is 2.31. The normalized spacial score (nSPS) is 12.9. The largest absolute Gasteiger partial charge is 0.459 e. The first kappa shape index (κ1) is 23.2. The van der Waals surface area contributed by atoms with Crippen LogP contribution >= 0.6 is 0 Å². The van der Waals surface area contributed by atoms with Crippen molar-refractivity contribution in [3.05, 3.63) is 71.8 Å². The molecule has 158 valence electrons. The Kier molecular flexibility index (Phi) is 8.91. The van der Waals surface area contributed by atoms with Gasteiger partial charge in [-0.25, -0.2) is 0 Å². The van der Waals surface area contributed by atoms with E-state index < -0.39 is 5.60 Å². The summed E-state index contributed by atoms with van der Waals surface area (Å²) in [6.45, 7) is 8.01. The number of esters is 1. The second-order valence-corrected chi connectivity index (χ2v) is 8.79. The van der Waals surface area contributed by atoms with Crippen LogP contribution in [0.2, 0.25) is 0 Å². The number of ether oxygens (including phenoxy) is 1. The molecule has 3 heteroatoms. The molecular formula is C26H37NO2. The van der Waals surface area contributed by atoms with Gasteiger partial charge in [-0.05, 0) is 45.4 Å². The summed E-state index contributed by atoms with van der Waals surface area (Å²) in [6.07, 6.45) is 5.36. The first-order valence-corrected chi connectivity index (χ1v) is 10.9.